The number of hydrogen-bond donors (Lipinski definition) is 1. The van der Waals surface area contributed by atoms with Crippen LogP contribution in [0.1, 0.15) is 26.2 Å². The van der Waals surface area contributed by atoms with Crippen molar-refractivity contribution in [3.05, 3.63) is 0 Å². The average Bonchev–Trinajstić information content (AvgIpc) is 1.85. The summed E-state index contributed by atoms with van der Waals surface area (Å²) in [4.78, 5) is 10.7. The van der Waals surface area contributed by atoms with Crippen LogP contribution in [0.5, 0.6) is 0 Å². The summed E-state index contributed by atoms with van der Waals surface area (Å²) >= 11 is 0. The van der Waals surface area contributed by atoms with Gasteiger partial charge in [-0.3, -0.25) is 4.79 Å². The van der Waals surface area contributed by atoms with Gasteiger partial charge in [0.05, 0.1) is 0 Å². The van der Waals surface area contributed by atoms with E-state index in [1.165, 1.54) is 0 Å². The molecule has 11 heavy (non-hydrogen) atoms. The number of primary amides is 1. The average molecular weight is 157 g/mol. The molecule has 0 unspecified atom stereocenters. The first-order chi connectivity index (χ1) is 5.12. The Morgan fingerprint density at radius 3 is 2.55 bits per heavy atom. The maximum Gasteiger partial charge on any atom is 0.217 e. The monoisotopic (exact) mass is 157 g/mol. The second-order valence-corrected chi connectivity index (χ2v) is 3.57. The van der Waals surface area contributed by atoms with Gasteiger partial charge in [0.1, 0.15) is 0 Å². The second-order valence-electron chi connectivity index (χ2n) is 3.57. The van der Waals surface area contributed by atoms with Crippen LogP contribution in [0.2, 0.25) is 0 Å². The molecule has 1 heterocycles. The van der Waals surface area contributed by atoms with Crippen LogP contribution in [-0.4, -0.2) is 19.1 Å². The van der Waals surface area contributed by atoms with Gasteiger partial charge in [-0.1, -0.05) is 6.92 Å². The molecule has 0 aromatic heterocycles. The zero-order valence-electron chi connectivity index (χ0n) is 6.93. The van der Waals surface area contributed by atoms with Gasteiger partial charge in [-0.25, -0.2) is 0 Å². The van der Waals surface area contributed by atoms with E-state index in [1.807, 2.05) is 0 Å². The van der Waals surface area contributed by atoms with Gasteiger partial charge >= 0.3 is 0 Å². The Labute approximate surface area is 66.9 Å². The largest absolute Gasteiger partial charge is 0.381 e. The zero-order valence-corrected chi connectivity index (χ0v) is 6.93. The summed E-state index contributed by atoms with van der Waals surface area (Å²) in [5.74, 6) is -0.200. The van der Waals surface area contributed by atoms with Crippen LogP contribution in [0, 0.1) is 5.41 Å². The van der Waals surface area contributed by atoms with E-state index < -0.39 is 0 Å². The predicted molar refractivity (Wildman–Crippen MR) is 42.0 cm³/mol. The molecule has 3 heteroatoms. The van der Waals surface area contributed by atoms with Crippen LogP contribution in [0.25, 0.3) is 0 Å². The maximum absolute atomic E-state index is 10.7. The molecule has 1 aliphatic heterocycles. The Bertz CT molecular complexity index is 150. The number of ether oxygens (including phenoxy) is 1. The van der Waals surface area contributed by atoms with Crippen molar-refractivity contribution in [3.63, 3.8) is 0 Å². The highest BCUT2D eigenvalue weighted by Crippen LogP contribution is 2.32. The first-order valence-corrected chi connectivity index (χ1v) is 3.98. The molecule has 1 amide bonds. The van der Waals surface area contributed by atoms with Gasteiger partial charge in [0.25, 0.3) is 0 Å². The third-order valence-corrected chi connectivity index (χ3v) is 2.30. The third-order valence-electron chi connectivity index (χ3n) is 2.30. The second kappa shape index (κ2) is 3.22. The van der Waals surface area contributed by atoms with Crippen LogP contribution >= 0.6 is 0 Å². The van der Waals surface area contributed by atoms with Gasteiger partial charge in [-0.15, -0.1) is 0 Å². The topological polar surface area (TPSA) is 52.3 Å². The molecule has 0 radical (unpaired) electrons. The lowest BCUT2D eigenvalue weighted by molar-refractivity contribution is -0.121. The lowest BCUT2D eigenvalue weighted by atomic mass is 9.79. The highest BCUT2D eigenvalue weighted by atomic mass is 16.5. The van der Waals surface area contributed by atoms with Gasteiger partial charge in [0.2, 0.25) is 5.91 Å². The highest BCUT2D eigenvalue weighted by molar-refractivity contribution is 5.74. The molecule has 0 atom stereocenters. The first kappa shape index (κ1) is 8.53. The van der Waals surface area contributed by atoms with Crippen molar-refractivity contribution in [3.8, 4) is 0 Å². The molecule has 0 aliphatic carbocycles. The fourth-order valence-corrected chi connectivity index (χ4v) is 1.46. The van der Waals surface area contributed by atoms with Crippen molar-refractivity contribution in [1.82, 2.24) is 0 Å². The van der Waals surface area contributed by atoms with Gasteiger partial charge in [0.15, 0.2) is 0 Å². The van der Waals surface area contributed by atoms with Crippen molar-refractivity contribution in [1.29, 1.82) is 0 Å². The number of hydrogen-bond acceptors (Lipinski definition) is 2. The molecule has 0 spiro atoms. The molecule has 1 rings (SSSR count). The summed E-state index contributed by atoms with van der Waals surface area (Å²) in [5.41, 5.74) is 5.23. The van der Waals surface area contributed by atoms with E-state index in [-0.39, 0.29) is 11.3 Å². The van der Waals surface area contributed by atoms with Crippen LogP contribution in [0.4, 0.5) is 0 Å². The van der Waals surface area contributed by atoms with E-state index in [2.05, 4.69) is 6.92 Å². The number of rotatable bonds is 2. The van der Waals surface area contributed by atoms with E-state index in [1.54, 1.807) is 0 Å². The molecule has 1 saturated heterocycles. The number of nitrogens with two attached hydrogens (primary N) is 1. The molecule has 0 saturated carbocycles. The highest BCUT2D eigenvalue weighted by Gasteiger charge is 2.28. The van der Waals surface area contributed by atoms with Crippen molar-refractivity contribution in [2.45, 2.75) is 26.2 Å². The zero-order chi connectivity index (χ0) is 8.32. The van der Waals surface area contributed by atoms with Crippen LogP contribution in [0.3, 0.4) is 0 Å². The molecular formula is C8H15NO2. The van der Waals surface area contributed by atoms with E-state index in [0.717, 1.165) is 26.1 Å². The standard InChI is InChI=1S/C8H15NO2/c1-8(6-7(9)10)2-4-11-5-3-8/h2-6H2,1H3,(H2,9,10). The third kappa shape index (κ3) is 2.50. The summed E-state index contributed by atoms with van der Waals surface area (Å²) < 4.78 is 5.19. The molecule has 0 bridgehead atoms. The summed E-state index contributed by atoms with van der Waals surface area (Å²) in [7, 11) is 0. The molecular weight excluding hydrogens is 142 g/mol. The molecule has 3 nitrogen and oxygen atoms in total. The summed E-state index contributed by atoms with van der Waals surface area (Å²) in [6, 6.07) is 0. The smallest absolute Gasteiger partial charge is 0.217 e. The van der Waals surface area contributed by atoms with E-state index in [4.69, 9.17) is 10.5 Å². The molecule has 1 fully saturated rings. The summed E-state index contributed by atoms with van der Waals surface area (Å²) in [5, 5.41) is 0. The summed E-state index contributed by atoms with van der Waals surface area (Å²) in [6.07, 6.45) is 2.40. The summed E-state index contributed by atoms with van der Waals surface area (Å²) in [6.45, 7) is 3.63. The van der Waals surface area contributed by atoms with Crippen LogP contribution in [0.15, 0.2) is 0 Å². The maximum atomic E-state index is 10.7. The molecule has 64 valence electrons. The Kier molecular flexibility index (Phi) is 2.49. The van der Waals surface area contributed by atoms with Gasteiger partial charge in [0, 0.05) is 19.6 Å². The van der Waals surface area contributed by atoms with Crippen LogP contribution < -0.4 is 5.73 Å². The number of carbonyl (C=O) groups excluding carboxylic acids is 1. The minimum Gasteiger partial charge on any atom is -0.381 e. The molecule has 0 aromatic rings. The van der Waals surface area contributed by atoms with E-state index in [0.29, 0.717) is 6.42 Å². The minimum atomic E-state index is -0.200. The van der Waals surface area contributed by atoms with Crippen molar-refractivity contribution in [2.75, 3.05) is 13.2 Å². The fourth-order valence-electron chi connectivity index (χ4n) is 1.46. The molecule has 2 N–H and O–H groups in total. The van der Waals surface area contributed by atoms with Crippen molar-refractivity contribution < 1.29 is 9.53 Å². The van der Waals surface area contributed by atoms with Gasteiger partial charge in [-0.05, 0) is 18.3 Å². The Balaban J connectivity index is 2.43. The van der Waals surface area contributed by atoms with Gasteiger partial charge < -0.3 is 10.5 Å². The molecule has 1 aliphatic rings. The minimum absolute atomic E-state index is 0.101. The van der Waals surface area contributed by atoms with Crippen LogP contribution in [-0.2, 0) is 9.53 Å². The normalized spacial score (nSPS) is 23.0. The lowest BCUT2D eigenvalue weighted by Gasteiger charge is -2.32. The Hall–Kier alpha value is -0.570. The van der Waals surface area contributed by atoms with Crippen molar-refractivity contribution >= 4 is 5.91 Å². The van der Waals surface area contributed by atoms with E-state index >= 15 is 0 Å². The lowest BCUT2D eigenvalue weighted by Crippen LogP contribution is -2.31. The predicted octanol–water partition coefficient (Wildman–Crippen LogP) is 0.678. The Morgan fingerprint density at radius 2 is 2.09 bits per heavy atom. The Morgan fingerprint density at radius 1 is 1.55 bits per heavy atom. The first-order valence-electron chi connectivity index (χ1n) is 3.98. The fraction of sp³-hybridized carbons (Fsp3) is 0.875. The molecule has 0 aromatic carbocycles. The van der Waals surface area contributed by atoms with Crippen molar-refractivity contribution in [2.24, 2.45) is 11.1 Å². The van der Waals surface area contributed by atoms with E-state index in [9.17, 15) is 4.79 Å². The van der Waals surface area contributed by atoms with Gasteiger partial charge in [-0.2, -0.15) is 0 Å². The number of amides is 1. The number of carbonyl (C=O) groups is 1. The SMILES string of the molecule is CC1(CC(N)=O)CCOCC1. The quantitative estimate of drug-likeness (QED) is 0.640.